The van der Waals surface area contributed by atoms with Crippen LogP contribution in [0.4, 0.5) is 17.6 Å². The van der Waals surface area contributed by atoms with Gasteiger partial charge in [-0.05, 0) is 0 Å². The predicted octanol–water partition coefficient (Wildman–Crippen LogP) is 2.84. The van der Waals surface area contributed by atoms with E-state index in [4.69, 9.17) is 11.6 Å². The second-order valence-electron chi connectivity index (χ2n) is 2.62. The van der Waals surface area contributed by atoms with E-state index in [1.165, 1.54) is 0 Å². The molecule has 1 heterocycles. The van der Waals surface area contributed by atoms with E-state index in [9.17, 15) is 17.6 Å². The van der Waals surface area contributed by atoms with E-state index in [0.29, 0.717) is 6.92 Å². The van der Waals surface area contributed by atoms with E-state index in [-0.39, 0.29) is 0 Å². The molecule has 1 aromatic rings. The summed E-state index contributed by atoms with van der Waals surface area (Å²) in [5, 5.41) is -0.392. The Kier molecular flexibility index (Phi) is 3.33. The number of alkyl halides is 4. The van der Waals surface area contributed by atoms with Crippen LogP contribution in [0.1, 0.15) is 12.7 Å². The van der Waals surface area contributed by atoms with Crippen molar-refractivity contribution in [2.24, 2.45) is 0 Å². The van der Waals surface area contributed by atoms with Gasteiger partial charge in [0.1, 0.15) is 5.15 Å². The van der Waals surface area contributed by atoms with Crippen molar-refractivity contribution >= 4 is 11.6 Å². The van der Waals surface area contributed by atoms with E-state index >= 15 is 0 Å². The fraction of sp³-hybridized carbons (Fsp3) is 0.429. The van der Waals surface area contributed by atoms with Crippen molar-refractivity contribution in [2.75, 3.05) is 0 Å². The van der Waals surface area contributed by atoms with Gasteiger partial charge in [0.25, 0.3) is 0 Å². The zero-order chi connectivity index (χ0) is 11.6. The Labute approximate surface area is 87.0 Å². The fourth-order valence-electron chi connectivity index (χ4n) is 0.745. The molecule has 15 heavy (non-hydrogen) atoms. The Morgan fingerprint density at radius 3 is 2.47 bits per heavy atom. The van der Waals surface area contributed by atoms with Crippen molar-refractivity contribution in [3.05, 3.63) is 17.0 Å². The Balaban J connectivity index is 3.06. The Morgan fingerprint density at radius 1 is 1.40 bits per heavy atom. The van der Waals surface area contributed by atoms with Gasteiger partial charge >= 0.3 is 12.5 Å². The van der Waals surface area contributed by atoms with Gasteiger partial charge < -0.3 is 4.74 Å². The standard InChI is InChI=1S/C7H5ClF4N2O/c1-7(11,12)5-13-3(8)2-4(14-5)15-6(9)10/h2,6H,1H3. The first-order valence-electron chi connectivity index (χ1n) is 3.66. The lowest BCUT2D eigenvalue weighted by molar-refractivity contribution is -0.0547. The second-order valence-corrected chi connectivity index (χ2v) is 3.01. The maximum absolute atomic E-state index is 12.7. The van der Waals surface area contributed by atoms with Gasteiger partial charge in [0.2, 0.25) is 11.7 Å². The molecule has 1 aromatic heterocycles. The maximum atomic E-state index is 12.7. The molecule has 84 valence electrons. The number of hydrogen-bond donors (Lipinski definition) is 0. The highest BCUT2D eigenvalue weighted by Crippen LogP contribution is 2.27. The highest BCUT2D eigenvalue weighted by atomic mass is 35.5. The highest BCUT2D eigenvalue weighted by Gasteiger charge is 2.29. The van der Waals surface area contributed by atoms with Gasteiger partial charge in [-0.3, -0.25) is 0 Å². The molecule has 0 aliphatic heterocycles. The first kappa shape index (κ1) is 12.0. The van der Waals surface area contributed by atoms with E-state index in [0.717, 1.165) is 6.07 Å². The maximum Gasteiger partial charge on any atom is 0.388 e. The van der Waals surface area contributed by atoms with Crippen molar-refractivity contribution in [1.82, 2.24) is 9.97 Å². The molecule has 0 spiro atoms. The third-order valence-corrected chi connectivity index (χ3v) is 1.47. The Hall–Kier alpha value is -1.11. The molecular weight excluding hydrogens is 240 g/mol. The van der Waals surface area contributed by atoms with Gasteiger partial charge in [-0.25, -0.2) is 4.98 Å². The van der Waals surface area contributed by atoms with Gasteiger partial charge in [-0.2, -0.15) is 22.5 Å². The molecule has 0 aliphatic rings. The number of aromatic nitrogens is 2. The molecule has 1 rings (SSSR count). The van der Waals surface area contributed by atoms with E-state index in [2.05, 4.69) is 14.7 Å². The molecule has 0 saturated carbocycles. The summed E-state index contributed by atoms with van der Waals surface area (Å²) in [7, 11) is 0. The third kappa shape index (κ3) is 3.50. The average molecular weight is 245 g/mol. The highest BCUT2D eigenvalue weighted by molar-refractivity contribution is 6.29. The summed E-state index contributed by atoms with van der Waals surface area (Å²) in [5.74, 6) is -5.03. The number of hydrogen-bond acceptors (Lipinski definition) is 3. The molecule has 8 heteroatoms. The minimum Gasteiger partial charge on any atom is -0.417 e. The lowest BCUT2D eigenvalue weighted by Crippen LogP contribution is -2.14. The van der Waals surface area contributed by atoms with Crippen LogP contribution >= 0.6 is 11.6 Å². The van der Waals surface area contributed by atoms with Crippen LogP contribution in [-0.2, 0) is 5.92 Å². The molecule has 0 fully saturated rings. The summed E-state index contributed by atoms with van der Waals surface area (Å²) >= 11 is 5.33. The molecule has 3 nitrogen and oxygen atoms in total. The summed E-state index contributed by atoms with van der Waals surface area (Å²) in [5.41, 5.74) is 0. The number of nitrogens with zero attached hydrogens (tertiary/aromatic N) is 2. The zero-order valence-corrected chi connectivity index (χ0v) is 8.10. The summed E-state index contributed by atoms with van der Waals surface area (Å²) in [6.07, 6.45) is 0. The second kappa shape index (κ2) is 4.18. The summed E-state index contributed by atoms with van der Waals surface area (Å²) in [6.45, 7) is -2.64. The molecular formula is C7H5ClF4N2O. The van der Waals surface area contributed by atoms with Gasteiger partial charge in [0.15, 0.2) is 0 Å². The van der Waals surface area contributed by atoms with Crippen LogP contribution in [0.25, 0.3) is 0 Å². The van der Waals surface area contributed by atoms with Crippen molar-refractivity contribution in [3.8, 4) is 5.88 Å². The summed E-state index contributed by atoms with van der Waals surface area (Å²) in [4.78, 5) is 6.29. The fourth-order valence-corrected chi connectivity index (χ4v) is 0.918. The van der Waals surface area contributed by atoms with Crippen molar-refractivity contribution in [1.29, 1.82) is 0 Å². The minimum atomic E-state index is -3.37. The van der Waals surface area contributed by atoms with Crippen molar-refractivity contribution < 1.29 is 22.3 Å². The average Bonchev–Trinajstić information content (AvgIpc) is 1.99. The number of rotatable bonds is 3. The molecule has 0 saturated heterocycles. The smallest absolute Gasteiger partial charge is 0.388 e. The van der Waals surface area contributed by atoms with Gasteiger partial charge in [0, 0.05) is 13.0 Å². The lowest BCUT2D eigenvalue weighted by Gasteiger charge is -2.10. The molecule has 0 aromatic carbocycles. The molecule has 0 aliphatic carbocycles. The van der Waals surface area contributed by atoms with Crippen molar-refractivity contribution in [3.63, 3.8) is 0 Å². The lowest BCUT2D eigenvalue weighted by atomic mass is 10.3. The molecule has 0 N–H and O–H groups in total. The number of ether oxygens (including phenoxy) is 1. The van der Waals surface area contributed by atoms with Crippen LogP contribution < -0.4 is 4.74 Å². The van der Waals surface area contributed by atoms with Gasteiger partial charge in [-0.1, -0.05) is 11.6 Å². The monoisotopic (exact) mass is 244 g/mol. The van der Waals surface area contributed by atoms with E-state index in [1.54, 1.807) is 0 Å². The Morgan fingerprint density at radius 2 is 2.00 bits per heavy atom. The molecule has 0 unspecified atom stereocenters. The van der Waals surface area contributed by atoms with Crippen LogP contribution in [-0.4, -0.2) is 16.6 Å². The molecule has 0 radical (unpaired) electrons. The van der Waals surface area contributed by atoms with Crippen LogP contribution in [0.15, 0.2) is 6.07 Å². The Bertz CT molecular complexity index is 355. The van der Waals surface area contributed by atoms with Crippen LogP contribution in [0.3, 0.4) is 0 Å². The van der Waals surface area contributed by atoms with E-state index in [1.807, 2.05) is 0 Å². The van der Waals surface area contributed by atoms with Crippen LogP contribution in [0.2, 0.25) is 5.15 Å². The largest absolute Gasteiger partial charge is 0.417 e. The van der Waals surface area contributed by atoms with E-state index < -0.39 is 29.4 Å². The van der Waals surface area contributed by atoms with Crippen LogP contribution in [0.5, 0.6) is 5.88 Å². The minimum absolute atomic E-state index is 0.392. The predicted molar refractivity (Wildman–Crippen MR) is 43.2 cm³/mol. The van der Waals surface area contributed by atoms with Gasteiger partial charge in [-0.15, -0.1) is 0 Å². The van der Waals surface area contributed by atoms with Crippen LogP contribution in [0, 0.1) is 0 Å². The quantitative estimate of drug-likeness (QED) is 0.606. The third-order valence-electron chi connectivity index (χ3n) is 1.27. The number of halogens is 5. The van der Waals surface area contributed by atoms with Gasteiger partial charge in [0.05, 0.1) is 0 Å². The molecule has 0 atom stereocenters. The molecule has 0 amide bonds. The first-order chi connectivity index (χ1) is 6.79. The summed E-state index contributed by atoms with van der Waals surface area (Å²) < 4.78 is 52.8. The van der Waals surface area contributed by atoms with Crippen molar-refractivity contribution in [2.45, 2.75) is 19.5 Å². The normalized spacial score (nSPS) is 11.9. The molecule has 0 bridgehead atoms. The zero-order valence-electron chi connectivity index (χ0n) is 7.35. The topological polar surface area (TPSA) is 35.0 Å². The summed E-state index contributed by atoms with van der Waals surface area (Å²) in [6, 6.07) is 0.822. The first-order valence-corrected chi connectivity index (χ1v) is 4.04. The SMILES string of the molecule is CC(F)(F)c1nc(Cl)cc(OC(F)F)n1.